The zero-order valence-electron chi connectivity index (χ0n) is 10.5. The molecule has 1 unspecified atom stereocenters. The van der Waals surface area contributed by atoms with E-state index in [4.69, 9.17) is 17.3 Å². The number of hydrogen-bond donors (Lipinski definition) is 1. The fourth-order valence-electron chi connectivity index (χ4n) is 2.40. The molecule has 0 radical (unpaired) electrons. The molecule has 3 nitrogen and oxygen atoms in total. The summed E-state index contributed by atoms with van der Waals surface area (Å²) in [5.41, 5.74) is 7.98. The Labute approximate surface area is 120 Å². The second-order valence-corrected chi connectivity index (χ2v) is 5.83. The molecule has 0 amide bonds. The van der Waals surface area contributed by atoms with Gasteiger partial charge in [0.2, 0.25) is 5.95 Å². The number of thiophene rings is 1. The van der Waals surface area contributed by atoms with Crippen molar-refractivity contribution < 1.29 is 0 Å². The number of fused-ring (bicyclic) bond motifs is 1. The van der Waals surface area contributed by atoms with Crippen LogP contribution < -0.4 is 5.73 Å². The Kier molecular flexibility index (Phi) is 3.21. The molecule has 0 bridgehead atoms. The molecule has 3 rings (SSSR count). The Hall–Kier alpha value is -1.52. The third kappa shape index (κ3) is 2.11. The van der Waals surface area contributed by atoms with E-state index in [1.807, 2.05) is 18.2 Å². The van der Waals surface area contributed by atoms with Gasteiger partial charge in [0.15, 0.2) is 0 Å². The van der Waals surface area contributed by atoms with Crippen molar-refractivity contribution in [3.05, 3.63) is 45.6 Å². The number of hydrogen-bond acceptors (Lipinski definition) is 3. The molecule has 0 aliphatic carbocycles. The first-order valence-electron chi connectivity index (χ1n) is 6.17. The molecule has 1 atom stereocenters. The van der Waals surface area contributed by atoms with Crippen LogP contribution in [-0.2, 0) is 0 Å². The maximum absolute atomic E-state index is 6.10. The minimum Gasteiger partial charge on any atom is -0.369 e. The number of halogens is 1. The Bertz CT molecular complexity index is 703. The van der Waals surface area contributed by atoms with Gasteiger partial charge in [-0.1, -0.05) is 24.6 Å². The molecule has 5 heteroatoms. The van der Waals surface area contributed by atoms with Gasteiger partial charge in [0.05, 0.1) is 17.1 Å². The average molecular weight is 292 g/mol. The van der Waals surface area contributed by atoms with Gasteiger partial charge >= 0.3 is 0 Å². The predicted octanol–water partition coefficient (Wildman–Crippen LogP) is 4.33. The summed E-state index contributed by atoms with van der Waals surface area (Å²) in [6.07, 6.45) is 0.961. The third-order valence-electron chi connectivity index (χ3n) is 3.25. The van der Waals surface area contributed by atoms with Gasteiger partial charge in [0, 0.05) is 9.90 Å². The molecule has 2 aromatic heterocycles. The van der Waals surface area contributed by atoms with Gasteiger partial charge in [0.25, 0.3) is 0 Å². The van der Waals surface area contributed by atoms with E-state index in [0.29, 0.717) is 11.0 Å². The summed E-state index contributed by atoms with van der Waals surface area (Å²) >= 11 is 7.83. The molecule has 0 saturated carbocycles. The van der Waals surface area contributed by atoms with Crippen LogP contribution in [0.3, 0.4) is 0 Å². The minimum absolute atomic E-state index is 0.212. The fraction of sp³-hybridized carbons (Fsp3) is 0.214. The lowest BCUT2D eigenvalue weighted by molar-refractivity contribution is 0.599. The summed E-state index contributed by atoms with van der Waals surface area (Å²) in [6, 6.07) is 10.1. The van der Waals surface area contributed by atoms with E-state index in [1.54, 1.807) is 11.3 Å². The average Bonchev–Trinajstić information content (AvgIpc) is 3.00. The maximum atomic E-state index is 6.10. The molecule has 2 heterocycles. The number of nitrogen functional groups attached to an aromatic ring is 1. The second-order valence-electron chi connectivity index (χ2n) is 4.41. The molecular weight excluding hydrogens is 278 g/mol. The van der Waals surface area contributed by atoms with Crippen molar-refractivity contribution in [2.24, 2.45) is 0 Å². The Morgan fingerprint density at radius 1 is 1.42 bits per heavy atom. The molecule has 0 aliphatic heterocycles. The van der Waals surface area contributed by atoms with Crippen LogP contribution in [0.1, 0.15) is 24.3 Å². The minimum atomic E-state index is 0.212. The zero-order chi connectivity index (χ0) is 13.4. The van der Waals surface area contributed by atoms with Crippen LogP contribution in [0.5, 0.6) is 0 Å². The predicted molar refractivity (Wildman–Crippen MR) is 81.9 cm³/mol. The van der Waals surface area contributed by atoms with E-state index in [0.717, 1.165) is 17.5 Å². The summed E-state index contributed by atoms with van der Waals surface area (Å²) in [6.45, 7) is 2.15. The van der Waals surface area contributed by atoms with Crippen molar-refractivity contribution in [2.75, 3.05) is 5.73 Å². The van der Waals surface area contributed by atoms with E-state index < -0.39 is 0 Å². The van der Waals surface area contributed by atoms with Crippen molar-refractivity contribution in [3.63, 3.8) is 0 Å². The van der Waals surface area contributed by atoms with Crippen molar-refractivity contribution in [1.82, 2.24) is 9.55 Å². The van der Waals surface area contributed by atoms with Gasteiger partial charge in [-0.25, -0.2) is 4.98 Å². The summed E-state index contributed by atoms with van der Waals surface area (Å²) in [7, 11) is 0. The van der Waals surface area contributed by atoms with E-state index in [-0.39, 0.29) is 6.04 Å². The normalized spacial score (nSPS) is 12.9. The summed E-state index contributed by atoms with van der Waals surface area (Å²) in [5.74, 6) is 0.539. The van der Waals surface area contributed by atoms with Crippen LogP contribution in [0.15, 0.2) is 35.7 Å². The molecule has 98 valence electrons. The van der Waals surface area contributed by atoms with E-state index in [2.05, 4.69) is 34.0 Å². The lowest BCUT2D eigenvalue weighted by atomic mass is 10.1. The topological polar surface area (TPSA) is 43.8 Å². The molecule has 3 aromatic rings. The summed E-state index contributed by atoms with van der Waals surface area (Å²) < 4.78 is 2.08. The van der Waals surface area contributed by atoms with E-state index >= 15 is 0 Å². The van der Waals surface area contributed by atoms with Crippen LogP contribution in [0.4, 0.5) is 5.95 Å². The first-order chi connectivity index (χ1) is 9.20. The number of rotatable bonds is 3. The smallest absolute Gasteiger partial charge is 0.201 e. The standard InChI is InChI=1S/C14H14ClN3S/c1-2-11(13-4-3-7-19-13)18-12-8-9(15)5-6-10(12)17-14(18)16/h3-8,11H,2H2,1H3,(H2,16,17). The van der Waals surface area contributed by atoms with Crippen molar-refractivity contribution in [3.8, 4) is 0 Å². The molecular formula is C14H14ClN3S. The molecule has 0 fully saturated rings. The Morgan fingerprint density at radius 2 is 2.26 bits per heavy atom. The van der Waals surface area contributed by atoms with E-state index in [1.165, 1.54) is 4.88 Å². The van der Waals surface area contributed by atoms with Gasteiger partial charge in [-0.2, -0.15) is 0 Å². The number of aromatic nitrogens is 2. The number of nitrogens with zero attached hydrogens (tertiary/aromatic N) is 2. The Morgan fingerprint density at radius 3 is 2.95 bits per heavy atom. The summed E-state index contributed by atoms with van der Waals surface area (Å²) in [4.78, 5) is 5.71. The van der Waals surface area contributed by atoms with Gasteiger partial charge in [-0.15, -0.1) is 11.3 Å². The zero-order valence-corrected chi connectivity index (χ0v) is 12.1. The largest absolute Gasteiger partial charge is 0.369 e. The SMILES string of the molecule is CCC(c1cccs1)n1c(N)nc2ccc(Cl)cc21. The van der Waals surface area contributed by atoms with Gasteiger partial charge < -0.3 is 10.3 Å². The number of imidazole rings is 1. The third-order valence-corrected chi connectivity index (χ3v) is 4.46. The van der Waals surface area contributed by atoms with E-state index in [9.17, 15) is 0 Å². The number of nitrogens with two attached hydrogens (primary N) is 1. The molecule has 0 spiro atoms. The molecule has 0 saturated heterocycles. The monoisotopic (exact) mass is 291 g/mol. The second kappa shape index (κ2) is 4.87. The first-order valence-corrected chi connectivity index (χ1v) is 7.43. The van der Waals surface area contributed by atoms with Gasteiger partial charge in [0.1, 0.15) is 0 Å². The van der Waals surface area contributed by atoms with Gasteiger partial charge in [-0.3, -0.25) is 0 Å². The van der Waals surface area contributed by atoms with Crippen LogP contribution in [0.25, 0.3) is 11.0 Å². The lowest BCUT2D eigenvalue weighted by Crippen LogP contribution is -2.11. The van der Waals surface area contributed by atoms with Gasteiger partial charge in [-0.05, 0) is 36.1 Å². The van der Waals surface area contributed by atoms with Crippen LogP contribution in [-0.4, -0.2) is 9.55 Å². The molecule has 1 aromatic carbocycles. The quantitative estimate of drug-likeness (QED) is 0.780. The number of benzene rings is 1. The molecule has 19 heavy (non-hydrogen) atoms. The highest BCUT2D eigenvalue weighted by Crippen LogP contribution is 2.33. The highest BCUT2D eigenvalue weighted by atomic mass is 35.5. The van der Waals surface area contributed by atoms with Crippen molar-refractivity contribution >= 4 is 39.9 Å². The fourth-order valence-corrected chi connectivity index (χ4v) is 3.47. The molecule has 0 aliphatic rings. The van der Waals surface area contributed by atoms with Crippen LogP contribution >= 0.6 is 22.9 Å². The molecule has 2 N–H and O–H groups in total. The van der Waals surface area contributed by atoms with Crippen molar-refractivity contribution in [2.45, 2.75) is 19.4 Å². The first kappa shape index (κ1) is 12.5. The lowest BCUT2D eigenvalue weighted by Gasteiger charge is -2.17. The highest BCUT2D eigenvalue weighted by molar-refractivity contribution is 7.10. The van der Waals surface area contributed by atoms with Crippen LogP contribution in [0, 0.1) is 0 Å². The maximum Gasteiger partial charge on any atom is 0.201 e. The summed E-state index contributed by atoms with van der Waals surface area (Å²) in [5, 5.41) is 2.79. The van der Waals surface area contributed by atoms with Crippen molar-refractivity contribution in [1.29, 1.82) is 0 Å². The van der Waals surface area contributed by atoms with Crippen LogP contribution in [0.2, 0.25) is 5.02 Å². The highest BCUT2D eigenvalue weighted by Gasteiger charge is 2.19. The Balaban J connectivity index is 2.23. The number of anilines is 1.